The predicted molar refractivity (Wildman–Crippen MR) is 86.9 cm³/mol. The molecule has 2 heterocycles. The lowest BCUT2D eigenvalue weighted by Gasteiger charge is -2.29. The normalized spacial score (nSPS) is 27.7. The lowest BCUT2D eigenvalue weighted by Crippen LogP contribution is -2.33. The summed E-state index contributed by atoms with van der Waals surface area (Å²) < 4.78 is 5.62. The highest BCUT2D eigenvalue weighted by molar-refractivity contribution is 7.99. The van der Waals surface area contributed by atoms with E-state index in [4.69, 9.17) is 4.74 Å². The minimum atomic E-state index is 0.0881. The smallest absolute Gasteiger partial charge is 0.123 e. The van der Waals surface area contributed by atoms with Crippen LogP contribution in [-0.2, 0) is 5.54 Å². The molecule has 110 valence electrons. The van der Waals surface area contributed by atoms with Gasteiger partial charge in [0.25, 0.3) is 0 Å². The molecule has 2 aliphatic heterocycles. The van der Waals surface area contributed by atoms with E-state index in [1.165, 1.54) is 48.3 Å². The highest BCUT2D eigenvalue weighted by Crippen LogP contribution is 2.40. The standard InChI is InChI=1S/C17H25NOS/c1-17(8-3-9-18-17)15-12-14(4-5-16(15)19-2)13-6-10-20-11-7-13/h4-5,12-13,18H,3,6-11H2,1-2H3. The molecule has 1 unspecified atom stereocenters. The number of ether oxygens (including phenoxy) is 1. The largest absolute Gasteiger partial charge is 0.496 e. The van der Waals surface area contributed by atoms with Gasteiger partial charge in [-0.05, 0) is 74.3 Å². The summed E-state index contributed by atoms with van der Waals surface area (Å²) in [4.78, 5) is 0. The third-order valence-corrected chi connectivity index (χ3v) is 5.93. The Bertz CT molecular complexity index is 462. The zero-order chi connectivity index (χ0) is 14.0. The van der Waals surface area contributed by atoms with Gasteiger partial charge in [-0.25, -0.2) is 0 Å². The quantitative estimate of drug-likeness (QED) is 0.912. The Labute approximate surface area is 126 Å². The number of nitrogens with one attached hydrogen (secondary N) is 1. The van der Waals surface area contributed by atoms with E-state index in [-0.39, 0.29) is 5.54 Å². The zero-order valence-corrected chi connectivity index (χ0v) is 13.4. The molecule has 0 amide bonds. The van der Waals surface area contributed by atoms with E-state index in [1.807, 2.05) is 0 Å². The van der Waals surface area contributed by atoms with Gasteiger partial charge < -0.3 is 10.1 Å². The van der Waals surface area contributed by atoms with Gasteiger partial charge in [0.1, 0.15) is 5.75 Å². The second-order valence-corrected chi connectivity index (χ2v) is 7.43. The van der Waals surface area contributed by atoms with Crippen molar-refractivity contribution in [3.05, 3.63) is 29.3 Å². The Balaban J connectivity index is 1.94. The van der Waals surface area contributed by atoms with E-state index in [0.717, 1.165) is 18.2 Å². The van der Waals surface area contributed by atoms with Crippen molar-refractivity contribution in [3.8, 4) is 5.75 Å². The first-order valence-electron chi connectivity index (χ1n) is 7.74. The molecule has 3 rings (SSSR count). The molecule has 0 aliphatic carbocycles. The van der Waals surface area contributed by atoms with E-state index in [1.54, 1.807) is 7.11 Å². The van der Waals surface area contributed by atoms with E-state index >= 15 is 0 Å². The van der Waals surface area contributed by atoms with Crippen LogP contribution in [0.1, 0.15) is 49.7 Å². The molecule has 0 aromatic heterocycles. The van der Waals surface area contributed by atoms with Crippen molar-refractivity contribution < 1.29 is 4.74 Å². The molecular weight excluding hydrogens is 266 g/mol. The highest BCUT2D eigenvalue weighted by Gasteiger charge is 2.33. The van der Waals surface area contributed by atoms with Crippen LogP contribution >= 0.6 is 11.8 Å². The molecule has 1 aromatic rings. The number of thioether (sulfide) groups is 1. The van der Waals surface area contributed by atoms with Crippen LogP contribution in [0.2, 0.25) is 0 Å². The molecule has 2 nitrogen and oxygen atoms in total. The third kappa shape index (κ3) is 2.71. The maximum atomic E-state index is 5.62. The van der Waals surface area contributed by atoms with Crippen molar-refractivity contribution in [1.82, 2.24) is 5.32 Å². The summed E-state index contributed by atoms with van der Waals surface area (Å²) in [5.41, 5.74) is 2.95. The molecule has 2 saturated heterocycles. The molecule has 2 aliphatic rings. The van der Waals surface area contributed by atoms with Crippen LogP contribution in [0.25, 0.3) is 0 Å². The molecule has 1 aromatic carbocycles. The average molecular weight is 291 g/mol. The second-order valence-electron chi connectivity index (χ2n) is 6.21. The molecule has 0 saturated carbocycles. The Morgan fingerprint density at radius 3 is 2.75 bits per heavy atom. The highest BCUT2D eigenvalue weighted by atomic mass is 32.2. The first-order chi connectivity index (χ1) is 9.73. The lowest BCUT2D eigenvalue weighted by molar-refractivity contribution is 0.370. The summed E-state index contributed by atoms with van der Waals surface area (Å²) >= 11 is 2.09. The van der Waals surface area contributed by atoms with Crippen LogP contribution in [0.5, 0.6) is 5.75 Å². The van der Waals surface area contributed by atoms with Crippen molar-refractivity contribution in [2.75, 3.05) is 25.2 Å². The molecule has 1 N–H and O–H groups in total. The molecule has 3 heteroatoms. The minimum Gasteiger partial charge on any atom is -0.496 e. The van der Waals surface area contributed by atoms with Crippen LogP contribution in [0.4, 0.5) is 0 Å². The summed E-state index contributed by atoms with van der Waals surface area (Å²) in [6.07, 6.45) is 5.10. The van der Waals surface area contributed by atoms with Gasteiger partial charge in [0.2, 0.25) is 0 Å². The van der Waals surface area contributed by atoms with E-state index in [2.05, 4.69) is 42.2 Å². The van der Waals surface area contributed by atoms with Gasteiger partial charge in [0.15, 0.2) is 0 Å². The lowest BCUT2D eigenvalue weighted by atomic mass is 9.85. The Morgan fingerprint density at radius 1 is 1.30 bits per heavy atom. The summed E-state index contributed by atoms with van der Waals surface area (Å²) in [6.45, 7) is 3.43. The van der Waals surface area contributed by atoms with Gasteiger partial charge in [-0.3, -0.25) is 0 Å². The Hall–Kier alpha value is -0.670. The molecule has 20 heavy (non-hydrogen) atoms. The topological polar surface area (TPSA) is 21.3 Å². The maximum Gasteiger partial charge on any atom is 0.123 e. The summed E-state index contributed by atoms with van der Waals surface area (Å²) in [6, 6.07) is 6.87. The van der Waals surface area contributed by atoms with Gasteiger partial charge in [-0.1, -0.05) is 6.07 Å². The summed E-state index contributed by atoms with van der Waals surface area (Å²) in [7, 11) is 1.79. The van der Waals surface area contributed by atoms with Crippen molar-refractivity contribution in [2.45, 2.75) is 44.1 Å². The molecule has 2 fully saturated rings. The fourth-order valence-corrected chi connectivity index (χ4v) is 4.67. The van der Waals surface area contributed by atoms with Gasteiger partial charge in [-0.2, -0.15) is 11.8 Å². The minimum absolute atomic E-state index is 0.0881. The predicted octanol–water partition coefficient (Wildman–Crippen LogP) is 3.90. The monoisotopic (exact) mass is 291 g/mol. The fourth-order valence-electron chi connectivity index (χ4n) is 3.57. The number of rotatable bonds is 3. The van der Waals surface area contributed by atoms with Crippen LogP contribution in [0.3, 0.4) is 0 Å². The van der Waals surface area contributed by atoms with Crippen molar-refractivity contribution in [3.63, 3.8) is 0 Å². The summed E-state index contributed by atoms with van der Waals surface area (Å²) in [5, 5.41) is 3.67. The van der Waals surface area contributed by atoms with Crippen molar-refractivity contribution in [2.24, 2.45) is 0 Å². The van der Waals surface area contributed by atoms with E-state index in [0.29, 0.717) is 0 Å². The van der Waals surface area contributed by atoms with Crippen molar-refractivity contribution in [1.29, 1.82) is 0 Å². The van der Waals surface area contributed by atoms with E-state index < -0.39 is 0 Å². The van der Waals surface area contributed by atoms with Crippen LogP contribution < -0.4 is 10.1 Å². The molecule has 0 radical (unpaired) electrons. The number of methoxy groups -OCH3 is 1. The van der Waals surface area contributed by atoms with Crippen molar-refractivity contribution >= 4 is 11.8 Å². The van der Waals surface area contributed by atoms with E-state index in [9.17, 15) is 0 Å². The number of benzene rings is 1. The summed E-state index contributed by atoms with van der Waals surface area (Å²) in [5.74, 6) is 4.39. The maximum absolute atomic E-state index is 5.62. The third-order valence-electron chi connectivity index (χ3n) is 4.88. The number of hydrogen-bond acceptors (Lipinski definition) is 3. The molecule has 0 bridgehead atoms. The average Bonchev–Trinajstić information content (AvgIpc) is 2.95. The Morgan fingerprint density at radius 2 is 2.10 bits per heavy atom. The SMILES string of the molecule is COc1ccc(C2CCSCC2)cc1C1(C)CCCN1. The van der Waals surface area contributed by atoms with Gasteiger partial charge in [-0.15, -0.1) is 0 Å². The van der Waals surface area contributed by atoms with Crippen LogP contribution in [0, 0.1) is 0 Å². The number of hydrogen-bond donors (Lipinski definition) is 1. The molecule has 0 spiro atoms. The molecular formula is C17H25NOS. The second kappa shape index (κ2) is 5.98. The van der Waals surface area contributed by atoms with Crippen LogP contribution in [0.15, 0.2) is 18.2 Å². The first kappa shape index (κ1) is 14.3. The zero-order valence-electron chi connectivity index (χ0n) is 12.6. The first-order valence-corrected chi connectivity index (χ1v) is 8.89. The van der Waals surface area contributed by atoms with Gasteiger partial charge >= 0.3 is 0 Å². The fraction of sp³-hybridized carbons (Fsp3) is 0.647. The van der Waals surface area contributed by atoms with Crippen LogP contribution in [-0.4, -0.2) is 25.2 Å². The Kier molecular flexibility index (Phi) is 4.27. The van der Waals surface area contributed by atoms with Gasteiger partial charge in [0, 0.05) is 11.1 Å². The molecule has 1 atom stereocenters. The van der Waals surface area contributed by atoms with Gasteiger partial charge in [0.05, 0.1) is 7.11 Å².